The second-order valence-electron chi connectivity index (χ2n) is 4.13. The zero-order valence-electron chi connectivity index (χ0n) is 9.94. The van der Waals surface area contributed by atoms with Crippen molar-refractivity contribution in [2.45, 2.75) is 31.8 Å². The number of esters is 1. The Morgan fingerprint density at radius 3 is 3.18 bits per heavy atom. The number of methoxy groups -OCH3 is 1. The predicted octanol–water partition coefficient (Wildman–Crippen LogP) is 2.26. The van der Waals surface area contributed by atoms with Crippen LogP contribution in [0.5, 0.6) is 0 Å². The molecule has 4 nitrogen and oxygen atoms in total. The van der Waals surface area contributed by atoms with Crippen LogP contribution in [0.3, 0.4) is 0 Å². The van der Waals surface area contributed by atoms with Crippen molar-refractivity contribution in [1.29, 1.82) is 0 Å². The van der Waals surface area contributed by atoms with Crippen molar-refractivity contribution in [3.63, 3.8) is 0 Å². The van der Waals surface area contributed by atoms with Crippen LogP contribution < -0.4 is 5.32 Å². The molecule has 0 fully saturated rings. The minimum absolute atomic E-state index is 0.298. The molecule has 0 radical (unpaired) electrons. The van der Waals surface area contributed by atoms with Crippen LogP contribution >= 0.6 is 0 Å². The Hall–Kier alpha value is -1.55. The zero-order chi connectivity index (χ0) is 12.1. The Morgan fingerprint density at radius 2 is 2.47 bits per heavy atom. The Balaban J connectivity index is 1.92. The van der Waals surface area contributed by atoms with Crippen LogP contribution in [0.2, 0.25) is 0 Å². The summed E-state index contributed by atoms with van der Waals surface area (Å²) in [6.07, 6.45) is 9.22. The van der Waals surface area contributed by atoms with Crippen LogP contribution in [0.25, 0.3) is 0 Å². The van der Waals surface area contributed by atoms with Crippen LogP contribution in [-0.2, 0) is 11.3 Å². The first-order valence-corrected chi connectivity index (χ1v) is 5.84. The maximum absolute atomic E-state index is 11.4. The molecule has 1 aliphatic carbocycles. The monoisotopic (exact) mass is 235 g/mol. The minimum atomic E-state index is -0.421. The van der Waals surface area contributed by atoms with Crippen molar-refractivity contribution in [2.75, 3.05) is 7.11 Å². The predicted molar refractivity (Wildman–Crippen MR) is 63.7 cm³/mol. The molecular formula is C13H17NO3. The Morgan fingerprint density at radius 1 is 1.59 bits per heavy atom. The molecule has 4 heteroatoms. The van der Waals surface area contributed by atoms with Gasteiger partial charge in [-0.05, 0) is 25.3 Å². The Bertz CT molecular complexity index is 409. The van der Waals surface area contributed by atoms with Gasteiger partial charge in [-0.25, -0.2) is 4.79 Å². The van der Waals surface area contributed by atoms with Gasteiger partial charge >= 0.3 is 5.97 Å². The number of nitrogens with one attached hydrogen (secondary N) is 1. The lowest BCUT2D eigenvalue weighted by molar-refractivity contribution is 0.0563. The summed E-state index contributed by atoms with van der Waals surface area (Å²) in [6.45, 7) is 0.638. The van der Waals surface area contributed by atoms with E-state index >= 15 is 0 Å². The number of carbonyl (C=O) groups is 1. The molecule has 0 saturated carbocycles. The molecule has 1 aromatic rings. The van der Waals surface area contributed by atoms with Gasteiger partial charge in [0.2, 0.25) is 5.76 Å². The highest BCUT2D eigenvalue weighted by atomic mass is 16.5. The smallest absolute Gasteiger partial charge is 0.374 e. The molecule has 17 heavy (non-hydrogen) atoms. The summed E-state index contributed by atoms with van der Waals surface area (Å²) in [6, 6.07) is 2.29. The van der Waals surface area contributed by atoms with E-state index in [9.17, 15) is 4.79 Å². The van der Waals surface area contributed by atoms with E-state index in [1.54, 1.807) is 6.07 Å². The van der Waals surface area contributed by atoms with E-state index in [2.05, 4.69) is 22.2 Å². The largest absolute Gasteiger partial charge is 0.463 e. The quantitative estimate of drug-likeness (QED) is 0.642. The summed E-state index contributed by atoms with van der Waals surface area (Å²) in [5, 5.41) is 3.42. The molecule has 1 N–H and O–H groups in total. The van der Waals surface area contributed by atoms with Crippen molar-refractivity contribution in [1.82, 2.24) is 5.32 Å². The van der Waals surface area contributed by atoms with E-state index in [4.69, 9.17) is 4.42 Å². The van der Waals surface area contributed by atoms with E-state index in [1.165, 1.54) is 13.4 Å². The van der Waals surface area contributed by atoms with Crippen LogP contribution in [0, 0.1) is 0 Å². The number of hydrogen-bond acceptors (Lipinski definition) is 4. The summed E-state index contributed by atoms with van der Waals surface area (Å²) < 4.78 is 9.78. The highest BCUT2D eigenvalue weighted by Gasteiger charge is 2.17. The van der Waals surface area contributed by atoms with Crippen molar-refractivity contribution in [3.8, 4) is 0 Å². The van der Waals surface area contributed by atoms with E-state index in [0.29, 0.717) is 18.3 Å². The molecule has 0 aromatic carbocycles. The van der Waals surface area contributed by atoms with E-state index in [-0.39, 0.29) is 0 Å². The van der Waals surface area contributed by atoms with Gasteiger partial charge in [-0.2, -0.15) is 0 Å². The average Bonchev–Trinajstić information content (AvgIpc) is 2.85. The third-order valence-electron chi connectivity index (χ3n) is 2.97. The number of hydrogen-bond donors (Lipinski definition) is 1. The number of rotatable bonds is 4. The number of allylic oxidation sites excluding steroid dienone is 1. The van der Waals surface area contributed by atoms with Crippen molar-refractivity contribution < 1.29 is 13.9 Å². The van der Waals surface area contributed by atoms with Crippen LogP contribution in [0.15, 0.2) is 28.9 Å². The highest BCUT2D eigenvalue weighted by Crippen LogP contribution is 2.14. The summed E-state index contributed by atoms with van der Waals surface area (Å²) in [7, 11) is 1.36. The molecule has 0 saturated heterocycles. The van der Waals surface area contributed by atoms with Gasteiger partial charge in [-0.15, -0.1) is 0 Å². The Labute approximate surface area is 101 Å². The fourth-order valence-electron chi connectivity index (χ4n) is 1.98. The molecule has 0 bridgehead atoms. The normalized spacial score (nSPS) is 19.2. The second-order valence-corrected chi connectivity index (χ2v) is 4.13. The first kappa shape index (κ1) is 11.9. The zero-order valence-corrected chi connectivity index (χ0v) is 9.94. The van der Waals surface area contributed by atoms with Gasteiger partial charge in [-0.1, -0.05) is 12.2 Å². The SMILES string of the molecule is COC(=O)c1occc1CNC1CC=CCC1. The first-order chi connectivity index (χ1) is 8.31. The van der Waals surface area contributed by atoms with Gasteiger partial charge < -0.3 is 14.5 Å². The standard InChI is InChI=1S/C13H17NO3/c1-16-13(15)12-10(7-8-17-12)9-14-11-5-3-2-4-6-11/h2-3,7-8,11,14H,4-6,9H2,1H3. The van der Waals surface area contributed by atoms with Gasteiger partial charge in [0, 0.05) is 18.2 Å². The van der Waals surface area contributed by atoms with Gasteiger partial charge in [0.05, 0.1) is 13.4 Å². The van der Waals surface area contributed by atoms with Gasteiger partial charge in [0.15, 0.2) is 0 Å². The summed E-state index contributed by atoms with van der Waals surface area (Å²) in [5.41, 5.74) is 0.853. The molecule has 1 heterocycles. The second kappa shape index (κ2) is 5.68. The molecule has 1 unspecified atom stereocenters. The number of furan rings is 1. The van der Waals surface area contributed by atoms with E-state index in [1.807, 2.05) is 0 Å². The topological polar surface area (TPSA) is 51.5 Å². The van der Waals surface area contributed by atoms with E-state index in [0.717, 1.165) is 24.8 Å². The average molecular weight is 235 g/mol. The van der Waals surface area contributed by atoms with E-state index < -0.39 is 5.97 Å². The molecule has 1 aromatic heterocycles. The molecular weight excluding hydrogens is 218 g/mol. The number of carbonyl (C=O) groups excluding carboxylic acids is 1. The lowest BCUT2D eigenvalue weighted by Gasteiger charge is -2.19. The van der Waals surface area contributed by atoms with Crippen LogP contribution in [-0.4, -0.2) is 19.1 Å². The number of ether oxygens (including phenoxy) is 1. The van der Waals surface area contributed by atoms with Gasteiger partial charge in [-0.3, -0.25) is 0 Å². The molecule has 0 amide bonds. The third kappa shape index (κ3) is 2.97. The van der Waals surface area contributed by atoms with Crippen molar-refractivity contribution in [2.24, 2.45) is 0 Å². The minimum Gasteiger partial charge on any atom is -0.463 e. The molecule has 0 spiro atoms. The first-order valence-electron chi connectivity index (χ1n) is 5.84. The van der Waals surface area contributed by atoms with Crippen molar-refractivity contribution in [3.05, 3.63) is 35.8 Å². The summed E-state index contributed by atoms with van der Waals surface area (Å²) in [4.78, 5) is 11.4. The Kier molecular flexibility index (Phi) is 3.98. The molecule has 1 atom stereocenters. The van der Waals surface area contributed by atoms with Crippen LogP contribution in [0.4, 0.5) is 0 Å². The lowest BCUT2D eigenvalue weighted by atomic mass is 10.0. The van der Waals surface area contributed by atoms with Gasteiger partial charge in [0.25, 0.3) is 0 Å². The van der Waals surface area contributed by atoms with Crippen molar-refractivity contribution >= 4 is 5.97 Å². The third-order valence-corrected chi connectivity index (χ3v) is 2.97. The van der Waals surface area contributed by atoms with Crippen LogP contribution in [0.1, 0.15) is 35.4 Å². The fraction of sp³-hybridized carbons (Fsp3) is 0.462. The molecule has 2 rings (SSSR count). The highest BCUT2D eigenvalue weighted by molar-refractivity contribution is 5.87. The summed E-state index contributed by atoms with van der Waals surface area (Å²) >= 11 is 0. The van der Waals surface area contributed by atoms with Gasteiger partial charge in [0.1, 0.15) is 0 Å². The summed E-state index contributed by atoms with van der Waals surface area (Å²) in [5.74, 6) is -0.123. The molecule has 0 aliphatic heterocycles. The fourth-order valence-corrected chi connectivity index (χ4v) is 1.98. The molecule has 1 aliphatic rings. The maximum atomic E-state index is 11.4. The molecule has 92 valence electrons. The maximum Gasteiger partial charge on any atom is 0.374 e. The lowest BCUT2D eigenvalue weighted by Crippen LogP contribution is -2.29.